The summed E-state index contributed by atoms with van der Waals surface area (Å²) >= 11 is 0. The van der Waals surface area contributed by atoms with E-state index in [4.69, 9.17) is 27.9 Å². The summed E-state index contributed by atoms with van der Waals surface area (Å²) < 4.78 is 59.6. The first kappa shape index (κ1) is 27.7. The summed E-state index contributed by atoms with van der Waals surface area (Å²) in [5.74, 6) is 1.90. The Labute approximate surface area is 218 Å². The third kappa shape index (κ3) is 6.48. The molecule has 0 fully saturated rings. The molecule has 0 atom stereocenters. The zero-order valence-corrected chi connectivity index (χ0v) is 22.8. The molecule has 0 amide bonds. The molecule has 0 unspecified atom stereocenters. The van der Waals surface area contributed by atoms with Crippen molar-refractivity contribution in [1.29, 1.82) is 0 Å². The van der Waals surface area contributed by atoms with E-state index in [9.17, 15) is 8.42 Å². The zero-order chi connectivity index (χ0) is 27.2. The van der Waals surface area contributed by atoms with Gasteiger partial charge in [0.2, 0.25) is 11.5 Å². The van der Waals surface area contributed by atoms with Crippen molar-refractivity contribution in [1.82, 2.24) is 0 Å². The van der Waals surface area contributed by atoms with Crippen LogP contribution in [-0.4, -0.2) is 43.0 Å². The van der Waals surface area contributed by atoms with Gasteiger partial charge < -0.3 is 27.9 Å². The number of hydrogen-bond donors (Lipinski definition) is 0. The molecule has 0 bridgehead atoms. The van der Waals surface area contributed by atoms with Crippen molar-refractivity contribution < 1.29 is 36.3 Å². The van der Waals surface area contributed by atoms with Crippen LogP contribution in [0.4, 0.5) is 0 Å². The van der Waals surface area contributed by atoms with Crippen LogP contribution in [0.25, 0.3) is 12.2 Å². The molecule has 3 aromatic rings. The third-order valence-corrected chi connectivity index (χ3v) is 6.56. The lowest BCUT2D eigenvalue weighted by Gasteiger charge is -2.19. The lowest BCUT2D eigenvalue weighted by Crippen LogP contribution is -2.14. The highest BCUT2D eigenvalue weighted by atomic mass is 32.2. The van der Waals surface area contributed by atoms with E-state index in [0.29, 0.717) is 22.8 Å². The van der Waals surface area contributed by atoms with E-state index in [-0.39, 0.29) is 28.2 Å². The van der Waals surface area contributed by atoms with E-state index in [1.807, 2.05) is 26.8 Å². The molecule has 0 saturated carbocycles. The van der Waals surface area contributed by atoms with Gasteiger partial charge in [-0.3, -0.25) is 0 Å². The molecule has 0 N–H and O–H groups in total. The van der Waals surface area contributed by atoms with Gasteiger partial charge in [-0.05, 0) is 62.7 Å². The highest BCUT2D eigenvalue weighted by Crippen LogP contribution is 2.44. The van der Waals surface area contributed by atoms with E-state index in [1.54, 1.807) is 56.7 Å². The van der Waals surface area contributed by atoms with Crippen molar-refractivity contribution >= 4 is 22.3 Å². The maximum absolute atomic E-state index is 13.1. The summed E-state index contributed by atoms with van der Waals surface area (Å²) in [5, 5.41) is 0. The average molecular weight is 529 g/mol. The molecular formula is C28H32O8S. The van der Waals surface area contributed by atoms with Gasteiger partial charge in [0.05, 0.1) is 34.5 Å². The molecule has 0 radical (unpaired) electrons. The molecule has 0 aromatic heterocycles. The van der Waals surface area contributed by atoms with Crippen LogP contribution in [0.1, 0.15) is 30.5 Å². The first-order valence-electron chi connectivity index (χ1n) is 11.5. The van der Waals surface area contributed by atoms with Crippen LogP contribution in [0.3, 0.4) is 0 Å². The number of hydrogen-bond acceptors (Lipinski definition) is 8. The molecule has 37 heavy (non-hydrogen) atoms. The topological polar surface area (TPSA) is 89.5 Å². The van der Waals surface area contributed by atoms with Crippen LogP contribution in [0, 0.1) is 6.92 Å². The first-order chi connectivity index (χ1) is 17.6. The Kier molecular flexibility index (Phi) is 8.94. The van der Waals surface area contributed by atoms with Crippen LogP contribution in [-0.2, 0) is 10.1 Å². The fourth-order valence-electron chi connectivity index (χ4n) is 3.53. The van der Waals surface area contributed by atoms with Crippen LogP contribution in [0.5, 0.6) is 34.5 Å². The van der Waals surface area contributed by atoms with Gasteiger partial charge in [-0.25, -0.2) is 0 Å². The summed E-state index contributed by atoms with van der Waals surface area (Å²) in [6.45, 7) is 5.55. The largest absolute Gasteiger partial charge is 0.493 e. The monoisotopic (exact) mass is 528 g/mol. The quantitative estimate of drug-likeness (QED) is 0.229. The van der Waals surface area contributed by atoms with Gasteiger partial charge >= 0.3 is 10.1 Å². The molecule has 3 aromatic carbocycles. The normalized spacial score (nSPS) is 11.5. The SMILES string of the molecule is COc1cc(/C=C\c2ccc(OC)c(OS(=O)(=O)c3ccc(C)cc3)c2OC(C)C)cc(OC)c1OC. The smallest absolute Gasteiger partial charge is 0.339 e. The van der Waals surface area contributed by atoms with E-state index >= 15 is 0 Å². The Morgan fingerprint density at radius 2 is 1.30 bits per heavy atom. The predicted molar refractivity (Wildman–Crippen MR) is 143 cm³/mol. The lowest BCUT2D eigenvalue weighted by atomic mass is 10.1. The molecule has 0 aliphatic rings. The maximum atomic E-state index is 13.1. The van der Waals surface area contributed by atoms with E-state index in [1.165, 1.54) is 26.4 Å². The number of rotatable bonds is 11. The van der Waals surface area contributed by atoms with E-state index in [0.717, 1.165) is 11.1 Å². The molecule has 0 heterocycles. The molecule has 8 nitrogen and oxygen atoms in total. The summed E-state index contributed by atoms with van der Waals surface area (Å²) in [5.41, 5.74) is 2.27. The van der Waals surface area contributed by atoms with Gasteiger partial charge in [0.25, 0.3) is 0 Å². The molecule has 0 aliphatic heterocycles. The van der Waals surface area contributed by atoms with Crippen LogP contribution < -0.4 is 27.9 Å². The van der Waals surface area contributed by atoms with Gasteiger partial charge in [0.1, 0.15) is 4.90 Å². The standard InChI is InChI=1S/C28H32O8S/c1-18(2)35-26-21(11-10-20-16-24(32-5)27(34-7)25(17-20)33-6)12-15-23(31-4)28(26)36-37(29,30)22-13-8-19(3)9-14-22/h8-18H,1-7H3/b11-10-. The third-order valence-electron chi connectivity index (χ3n) is 5.33. The second-order valence-electron chi connectivity index (χ2n) is 8.32. The minimum atomic E-state index is -4.16. The molecule has 0 saturated heterocycles. The molecule has 9 heteroatoms. The number of benzene rings is 3. The van der Waals surface area contributed by atoms with Crippen molar-refractivity contribution in [2.45, 2.75) is 31.8 Å². The second kappa shape index (κ2) is 11.9. The Balaban J connectivity index is 2.11. The predicted octanol–water partition coefficient (Wildman–Crippen LogP) is 5.75. The fraction of sp³-hybridized carbons (Fsp3) is 0.286. The summed E-state index contributed by atoms with van der Waals surface area (Å²) in [7, 11) is 1.90. The Morgan fingerprint density at radius 1 is 0.703 bits per heavy atom. The summed E-state index contributed by atoms with van der Waals surface area (Å²) in [6, 6.07) is 13.4. The van der Waals surface area contributed by atoms with E-state index < -0.39 is 10.1 Å². The van der Waals surface area contributed by atoms with Crippen molar-refractivity contribution in [2.24, 2.45) is 0 Å². The first-order valence-corrected chi connectivity index (χ1v) is 12.9. The van der Waals surface area contributed by atoms with Gasteiger partial charge in [-0.15, -0.1) is 0 Å². The minimum Gasteiger partial charge on any atom is -0.493 e. The zero-order valence-electron chi connectivity index (χ0n) is 22.0. The molecule has 0 aliphatic carbocycles. The number of methoxy groups -OCH3 is 4. The molecule has 198 valence electrons. The highest BCUT2D eigenvalue weighted by Gasteiger charge is 2.25. The summed E-state index contributed by atoms with van der Waals surface area (Å²) in [6.07, 6.45) is 3.32. The Hall–Kier alpha value is -3.85. The van der Waals surface area contributed by atoms with E-state index in [2.05, 4.69) is 0 Å². The Bertz CT molecular complexity index is 1330. The van der Waals surface area contributed by atoms with Gasteiger partial charge in [-0.1, -0.05) is 29.8 Å². The average Bonchev–Trinajstić information content (AvgIpc) is 2.87. The minimum absolute atomic E-state index is 0.0222. The van der Waals surface area contributed by atoms with Gasteiger partial charge in [-0.2, -0.15) is 8.42 Å². The van der Waals surface area contributed by atoms with Gasteiger partial charge in [0.15, 0.2) is 23.0 Å². The number of aryl methyl sites for hydroxylation is 1. The Morgan fingerprint density at radius 3 is 1.81 bits per heavy atom. The van der Waals surface area contributed by atoms with Crippen molar-refractivity contribution in [3.63, 3.8) is 0 Å². The second-order valence-corrected chi connectivity index (χ2v) is 9.87. The van der Waals surface area contributed by atoms with Crippen molar-refractivity contribution in [3.8, 4) is 34.5 Å². The van der Waals surface area contributed by atoms with Crippen LogP contribution >= 0.6 is 0 Å². The molecule has 0 spiro atoms. The maximum Gasteiger partial charge on any atom is 0.339 e. The van der Waals surface area contributed by atoms with Crippen molar-refractivity contribution in [3.05, 3.63) is 65.2 Å². The van der Waals surface area contributed by atoms with Crippen molar-refractivity contribution in [2.75, 3.05) is 28.4 Å². The number of ether oxygens (including phenoxy) is 5. The highest BCUT2D eigenvalue weighted by molar-refractivity contribution is 7.87. The fourth-order valence-corrected chi connectivity index (χ4v) is 4.48. The van der Waals surface area contributed by atoms with Crippen LogP contribution in [0.2, 0.25) is 0 Å². The molecular weight excluding hydrogens is 496 g/mol. The molecule has 3 rings (SSSR count). The van der Waals surface area contributed by atoms with Crippen LogP contribution in [0.15, 0.2) is 53.4 Å². The summed E-state index contributed by atoms with van der Waals surface area (Å²) in [4.78, 5) is 0.0222. The lowest BCUT2D eigenvalue weighted by molar-refractivity contribution is 0.233. The van der Waals surface area contributed by atoms with Gasteiger partial charge in [0, 0.05) is 5.56 Å².